The van der Waals surface area contributed by atoms with Crippen LogP contribution in [-0.2, 0) is 6.54 Å². The predicted octanol–water partition coefficient (Wildman–Crippen LogP) is 5.59. The monoisotopic (exact) mass is 417 g/mol. The van der Waals surface area contributed by atoms with Crippen LogP contribution in [0.1, 0.15) is 5.56 Å². The van der Waals surface area contributed by atoms with E-state index in [2.05, 4.69) is 65.2 Å². The molecule has 0 aromatic heterocycles. The molecule has 0 fully saturated rings. The van der Waals surface area contributed by atoms with Gasteiger partial charge in [0.1, 0.15) is 0 Å². The number of halogens is 3. The molecule has 4 heteroatoms. The Morgan fingerprint density at radius 1 is 0.824 bits per heavy atom. The number of rotatable bonds is 3. The van der Waals surface area contributed by atoms with Gasteiger partial charge in [-0.05, 0) is 61.7 Å². The zero-order valence-electron chi connectivity index (χ0n) is 8.88. The van der Waals surface area contributed by atoms with Crippen LogP contribution >= 0.6 is 47.8 Å². The Labute approximate surface area is 126 Å². The van der Waals surface area contributed by atoms with Crippen LogP contribution in [0.2, 0.25) is 0 Å². The molecule has 0 aliphatic heterocycles. The maximum Gasteiger partial charge on any atom is 0.0631 e. The summed E-state index contributed by atoms with van der Waals surface area (Å²) >= 11 is 10.5. The Kier molecular flexibility index (Phi) is 4.65. The van der Waals surface area contributed by atoms with E-state index in [4.69, 9.17) is 0 Å². The zero-order chi connectivity index (χ0) is 12.3. The molecule has 0 saturated carbocycles. The number of hydrogen-bond acceptors (Lipinski definition) is 1. The van der Waals surface area contributed by atoms with Crippen molar-refractivity contribution in [1.29, 1.82) is 0 Å². The van der Waals surface area contributed by atoms with Crippen molar-refractivity contribution in [3.63, 3.8) is 0 Å². The average molecular weight is 420 g/mol. The maximum absolute atomic E-state index is 3.53. The molecule has 1 nitrogen and oxygen atoms in total. The maximum atomic E-state index is 3.53. The molecule has 0 aliphatic rings. The molecule has 0 spiro atoms. The van der Waals surface area contributed by atoms with E-state index in [0.29, 0.717) is 0 Å². The van der Waals surface area contributed by atoms with Gasteiger partial charge < -0.3 is 5.32 Å². The Bertz CT molecular complexity index is 488. The molecule has 0 amide bonds. The highest BCUT2D eigenvalue weighted by molar-refractivity contribution is 9.11. The fraction of sp³-hybridized carbons (Fsp3) is 0.0769. The van der Waals surface area contributed by atoms with Crippen LogP contribution in [0.5, 0.6) is 0 Å². The van der Waals surface area contributed by atoms with Crippen molar-refractivity contribution in [1.82, 2.24) is 0 Å². The van der Waals surface area contributed by atoms with Crippen LogP contribution in [0.25, 0.3) is 0 Å². The summed E-state index contributed by atoms with van der Waals surface area (Å²) < 4.78 is 3.22. The van der Waals surface area contributed by atoms with Crippen LogP contribution in [0.4, 0.5) is 5.69 Å². The van der Waals surface area contributed by atoms with E-state index >= 15 is 0 Å². The highest BCUT2D eigenvalue weighted by Crippen LogP contribution is 2.30. The van der Waals surface area contributed by atoms with Crippen molar-refractivity contribution in [2.75, 3.05) is 5.32 Å². The Hall–Kier alpha value is -0.320. The van der Waals surface area contributed by atoms with Crippen LogP contribution in [0.15, 0.2) is 55.9 Å². The largest absolute Gasteiger partial charge is 0.379 e. The Morgan fingerprint density at radius 2 is 1.41 bits per heavy atom. The minimum atomic E-state index is 0.800. The topological polar surface area (TPSA) is 12.0 Å². The van der Waals surface area contributed by atoms with Crippen molar-refractivity contribution < 1.29 is 0 Å². The van der Waals surface area contributed by atoms with Gasteiger partial charge in [0.15, 0.2) is 0 Å². The second kappa shape index (κ2) is 6.03. The molecule has 0 radical (unpaired) electrons. The second-order valence-corrected chi connectivity index (χ2v) is 6.20. The first-order valence-corrected chi connectivity index (χ1v) is 7.47. The molecule has 88 valence electrons. The molecule has 17 heavy (non-hydrogen) atoms. The van der Waals surface area contributed by atoms with Crippen molar-refractivity contribution >= 4 is 53.5 Å². The summed E-state index contributed by atoms with van der Waals surface area (Å²) in [6.45, 7) is 0.800. The minimum absolute atomic E-state index is 0.800. The van der Waals surface area contributed by atoms with Crippen molar-refractivity contribution in [3.05, 3.63) is 61.4 Å². The van der Waals surface area contributed by atoms with Crippen molar-refractivity contribution in [3.8, 4) is 0 Å². The third-order valence-corrected chi connectivity index (χ3v) is 4.20. The molecule has 0 unspecified atom stereocenters. The van der Waals surface area contributed by atoms with Gasteiger partial charge in [0, 0.05) is 20.0 Å². The normalized spacial score (nSPS) is 10.3. The number of hydrogen-bond donors (Lipinski definition) is 1. The fourth-order valence-electron chi connectivity index (χ4n) is 1.46. The highest BCUT2D eigenvalue weighted by atomic mass is 79.9. The molecule has 0 atom stereocenters. The van der Waals surface area contributed by atoms with Crippen LogP contribution in [0, 0.1) is 0 Å². The molecule has 2 rings (SSSR count). The van der Waals surface area contributed by atoms with Crippen LogP contribution in [0.3, 0.4) is 0 Å². The first-order valence-electron chi connectivity index (χ1n) is 5.09. The van der Waals surface area contributed by atoms with Gasteiger partial charge in [0.2, 0.25) is 0 Å². The molecular weight excluding hydrogens is 410 g/mol. The summed E-state index contributed by atoms with van der Waals surface area (Å²) in [6, 6.07) is 14.3. The first kappa shape index (κ1) is 13.1. The van der Waals surface area contributed by atoms with E-state index in [-0.39, 0.29) is 0 Å². The molecular formula is C13H10Br3N. The van der Waals surface area contributed by atoms with Gasteiger partial charge >= 0.3 is 0 Å². The quantitative estimate of drug-likeness (QED) is 0.684. The Balaban J connectivity index is 2.10. The molecule has 0 heterocycles. The lowest BCUT2D eigenvalue weighted by Crippen LogP contribution is -2.00. The third-order valence-electron chi connectivity index (χ3n) is 2.35. The zero-order valence-corrected chi connectivity index (χ0v) is 13.6. The molecule has 0 saturated heterocycles. The first-order chi connectivity index (χ1) is 8.16. The lowest BCUT2D eigenvalue weighted by atomic mass is 10.2. The van der Waals surface area contributed by atoms with Gasteiger partial charge in [-0.2, -0.15) is 0 Å². The summed E-state index contributed by atoms with van der Waals surface area (Å²) in [6.07, 6.45) is 0. The molecule has 0 aliphatic carbocycles. The fourth-order valence-corrected chi connectivity index (χ4v) is 3.00. The summed E-state index contributed by atoms with van der Waals surface area (Å²) in [5.74, 6) is 0. The van der Waals surface area contributed by atoms with Crippen molar-refractivity contribution in [2.45, 2.75) is 6.54 Å². The van der Waals surface area contributed by atoms with Gasteiger partial charge in [0.25, 0.3) is 0 Å². The van der Waals surface area contributed by atoms with Gasteiger partial charge in [-0.3, -0.25) is 0 Å². The van der Waals surface area contributed by atoms with E-state index in [0.717, 1.165) is 25.7 Å². The third kappa shape index (κ3) is 3.57. The predicted molar refractivity (Wildman–Crippen MR) is 83.3 cm³/mol. The smallest absolute Gasteiger partial charge is 0.0631 e. The van der Waals surface area contributed by atoms with Gasteiger partial charge in [-0.15, -0.1) is 0 Å². The SMILES string of the molecule is Brc1ccc(CNc2c(Br)cccc2Br)cc1. The van der Waals surface area contributed by atoms with Gasteiger partial charge in [0.05, 0.1) is 5.69 Å². The van der Waals surface area contributed by atoms with E-state index in [1.54, 1.807) is 0 Å². The minimum Gasteiger partial charge on any atom is -0.379 e. The number of para-hydroxylation sites is 1. The average Bonchev–Trinajstić information content (AvgIpc) is 2.31. The number of benzene rings is 2. The van der Waals surface area contributed by atoms with Crippen LogP contribution in [-0.4, -0.2) is 0 Å². The second-order valence-electron chi connectivity index (χ2n) is 3.58. The summed E-state index contributed by atoms with van der Waals surface area (Å²) in [4.78, 5) is 0. The standard InChI is InChI=1S/C13H10Br3N/c14-10-6-4-9(5-7-10)8-17-13-11(15)2-1-3-12(13)16/h1-7,17H,8H2. The molecule has 1 N–H and O–H groups in total. The molecule has 0 bridgehead atoms. The molecule has 2 aromatic rings. The number of nitrogens with one attached hydrogen (secondary N) is 1. The van der Waals surface area contributed by atoms with E-state index in [1.807, 2.05) is 30.3 Å². The van der Waals surface area contributed by atoms with E-state index < -0.39 is 0 Å². The highest BCUT2D eigenvalue weighted by Gasteiger charge is 2.03. The summed E-state index contributed by atoms with van der Waals surface area (Å²) in [7, 11) is 0. The van der Waals surface area contributed by atoms with Crippen molar-refractivity contribution in [2.24, 2.45) is 0 Å². The van der Waals surface area contributed by atoms with E-state index in [1.165, 1.54) is 5.56 Å². The van der Waals surface area contributed by atoms with Gasteiger partial charge in [-0.1, -0.05) is 34.1 Å². The van der Waals surface area contributed by atoms with E-state index in [9.17, 15) is 0 Å². The lowest BCUT2D eigenvalue weighted by molar-refractivity contribution is 1.14. The number of anilines is 1. The van der Waals surface area contributed by atoms with Crippen LogP contribution < -0.4 is 5.32 Å². The summed E-state index contributed by atoms with van der Waals surface area (Å²) in [5, 5.41) is 3.41. The summed E-state index contributed by atoms with van der Waals surface area (Å²) in [5.41, 5.74) is 2.33. The Morgan fingerprint density at radius 3 is 2.00 bits per heavy atom. The lowest BCUT2D eigenvalue weighted by Gasteiger charge is -2.10. The molecule has 2 aromatic carbocycles. The van der Waals surface area contributed by atoms with Gasteiger partial charge in [-0.25, -0.2) is 0 Å².